The zero-order valence-corrected chi connectivity index (χ0v) is 10.8. The number of hydrogen-bond donors (Lipinski definition) is 2. The van der Waals surface area contributed by atoms with Crippen LogP contribution in [0.4, 0.5) is 0 Å². The number of nitrogens with one attached hydrogen (secondary N) is 1. The van der Waals surface area contributed by atoms with Gasteiger partial charge in [-0.05, 0) is 30.5 Å². The molecule has 18 heavy (non-hydrogen) atoms. The molecule has 0 saturated heterocycles. The Balaban J connectivity index is 2.13. The summed E-state index contributed by atoms with van der Waals surface area (Å²) in [5.74, 6) is 6.43. The van der Waals surface area contributed by atoms with E-state index in [-0.39, 0.29) is 6.04 Å². The zero-order chi connectivity index (χ0) is 13.0. The first-order valence-corrected chi connectivity index (χ1v) is 6.06. The topological polar surface area (TPSA) is 65.7 Å². The molecule has 5 nitrogen and oxygen atoms in total. The molecule has 1 aromatic carbocycles. The van der Waals surface area contributed by atoms with E-state index in [1.165, 1.54) is 0 Å². The molecule has 1 aliphatic rings. The van der Waals surface area contributed by atoms with Gasteiger partial charge in [0, 0.05) is 14.2 Å². The Morgan fingerprint density at radius 2 is 2.00 bits per heavy atom. The predicted octanol–water partition coefficient (Wildman–Crippen LogP) is 1.35. The smallest absolute Gasteiger partial charge is 0.177 e. The van der Waals surface area contributed by atoms with Crippen LogP contribution in [0.2, 0.25) is 0 Å². The first-order chi connectivity index (χ1) is 8.78. The Kier molecular flexibility index (Phi) is 4.54. The van der Waals surface area contributed by atoms with Gasteiger partial charge in [0.1, 0.15) is 5.75 Å². The van der Waals surface area contributed by atoms with Gasteiger partial charge in [0.2, 0.25) is 0 Å². The van der Waals surface area contributed by atoms with Crippen molar-refractivity contribution in [2.24, 2.45) is 5.84 Å². The van der Waals surface area contributed by atoms with Gasteiger partial charge in [0.15, 0.2) is 6.29 Å². The predicted molar refractivity (Wildman–Crippen MR) is 68.0 cm³/mol. The van der Waals surface area contributed by atoms with Crippen molar-refractivity contribution in [3.63, 3.8) is 0 Å². The monoisotopic (exact) mass is 252 g/mol. The number of methoxy groups -OCH3 is 2. The van der Waals surface area contributed by atoms with Crippen LogP contribution in [-0.2, 0) is 9.47 Å². The molecule has 0 amide bonds. The molecule has 1 aliphatic carbocycles. The maximum absolute atomic E-state index is 5.76. The molecule has 2 rings (SSSR count). The average Bonchev–Trinajstić information content (AvgIpc) is 3.20. The van der Waals surface area contributed by atoms with Crippen molar-refractivity contribution < 1.29 is 14.2 Å². The quantitative estimate of drug-likeness (QED) is 0.435. The van der Waals surface area contributed by atoms with Crippen LogP contribution in [0.3, 0.4) is 0 Å². The third kappa shape index (κ3) is 3.20. The lowest BCUT2D eigenvalue weighted by atomic mass is 10.1. The summed E-state index contributed by atoms with van der Waals surface area (Å²) in [7, 11) is 3.17. The van der Waals surface area contributed by atoms with Gasteiger partial charge in [-0.1, -0.05) is 12.1 Å². The molecule has 3 N–H and O–H groups in total. The maximum atomic E-state index is 5.76. The summed E-state index contributed by atoms with van der Waals surface area (Å²) in [6.07, 6.45) is 2.22. The lowest BCUT2D eigenvalue weighted by molar-refractivity contribution is -0.124. The highest BCUT2D eigenvalue weighted by molar-refractivity contribution is 5.31. The maximum Gasteiger partial charge on any atom is 0.177 e. The van der Waals surface area contributed by atoms with Crippen LogP contribution < -0.4 is 16.0 Å². The van der Waals surface area contributed by atoms with E-state index in [1.807, 2.05) is 24.3 Å². The fourth-order valence-corrected chi connectivity index (χ4v) is 1.86. The highest BCUT2D eigenvalue weighted by atomic mass is 16.7. The number of nitrogens with two attached hydrogens (primary N) is 1. The fourth-order valence-electron chi connectivity index (χ4n) is 1.86. The number of rotatable bonds is 7. The molecule has 1 aromatic rings. The fraction of sp³-hybridized carbons (Fsp3) is 0.538. The number of ether oxygens (including phenoxy) is 3. The summed E-state index contributed by atoms with van der Waals surface area (Å²) in [6.45, 7) is 0. The van der Waals surface area contributed by atoms with Gasteiger partial charge in [-0.2, -0.15) is 0 Å². The Morgan fingerprint density at radius 1 is 1.28 bits per heavy atom. The van der Waals surface area contributed by atoms with Crippen LogP contribution in [-0.4, -0.2) is 26.6 Å². The number of hydrogen-bond acceptors (Lipinski definition) is 5. The van der Waals surface area contributed by atoms with Crippen molar-refractivity contribution in [1.29, 1.82) is 0 Å². The van der Waals surface area contributed by atoms with Crippen LogP contribution in [0.25, 0.3) is 0 Å². The Labute approximate surface area is 107 Å². The van der Waals surface area contributed by atoms with E-state index in [0.717, 1.165) is 24.2 Å². The van der Waals surface area contributed by atoms with Crippen molar-refractivity contribution in [1.82, 2.24) is 5.43 Å². The summed E-state index contributed by atoms with van der Waals surface area (Å²) >= 11 is 0. The van der Waals surface area contributed by atoms with Crippen molar-refractivity contribution in [2.75, 3.05) is 14.2 Å². The molecule has 1 unspecified atom stereocenters. The van der Waals surface area contributed by atoms with E-state index in [9.17, 15) is 0 Å². The molecule has 0 radical (unpaired) electrons. The van der Waals surface area contributed by atoms with E-state index in [4.69, 9.17) is 20.1 Å². The van der Waals surface area contributed by atoms with Crippen molar-refractivity contribution >= 4 is 0 Å². The Hall–Kier alpha value is -1.14. The minimum absolute atomic E-state index is 0.234. The summed E-state index contributed by atoms with van der Waals surface area (Å²) in [4.78, 5) is 0. The van der Waals surface area contributed by atoms with Crippen molar-refractivity contribution in [3.05, 3.63) is 29.8 Å². The average molecular weight is 252 g/mol. The largest absolute Gasteiger partial charge is 0.490 e. The zero-order valence-electron chi connectivity index (χ0n) is 10.8. The van der Waals surface area contributed by atoms with E-state index in [0.29, 0.717) is 6.10 Å². The van der Waals surface area contributed by atoms with Crippen molar-refractivity contribution in [3.8, 4) is 5.75 Å². The van der Waals surface area contributed by atoms with Gasteiger partial charge in [0.05, 0.1) is 12.1 Å². The Bertz CT molecular complexity index is 378. The third-order valence-corrected chi connectivity index (χ3v) is 2.96. The molecule has 1 saturated carbocycles. The van der Waals surface area contributed by atoms with E-state index in [1.54, 1.807) is 14.2 Å². The highest BCUT2D eigenvalue weighted by Crippen LogP contribution is 2.29. The van der Waals surface area contributed by atoms with Crippen LogP contribution in [0.5, 0.6) is 5.75 Å². The third-order valence-electron chi connectivity index (χ3n) is 2.96. The summed E-state index contributed by atoms with van der Waals surface area (Å²) in [5, 5.41) is 0. The molecule has 0 spiro atoms. The lowest BCUT2D eigenvalue weighted by Gasteiger charge is -2.24. The second kappa shape index (κ2) is 6.15. The summed E-state index contributed by atoms with van der Waals surface area (Å²) in [5.41, 5.74) is 3.69. The van der Waals surface area contributed by atoms with Crippen LogP contribution in [0.1, 0.15) is 24.4 Å². The van der Waals surface area contributed by atoms with Gasteiger partial charge in [-0.3, -0.25) is 5.84 Å². The molecule has 0 bridgehead atoms. The van der Waals surface area contributed by atoms with Gasteiger partial charge in [-0.15, -0.1) is 0 Å². The first kappa shape index (κ1) is 13.3. The lowest BCUT2D eigenvalue weighted by Crippen LogP contribution is -2.38. The molecule has 100 valence electrons. The first-order valence-electron chi connectivity index (χ1n) is 6.06. The summed E-state index contributed by atoms with van der Waals surface area (Å²) in [6, 6.07) is 7.59. The van der Waals surface area contributed by atoms with Crippen LogP contribution in [0.15, 0.2) is 24.3 Å². The second-order valence-electron chi connectivity index (χ2n) is 4.37. The van der Waals surface area contributed by atoms with Crippen LogP contribution >= 0.6 is 0 Å². The molecule has 1 fully saturated rings. The molecular formula is C13H20N2O3. The highest BCUT2D eigenvalue weighted by Gasteiger charge is 2.25. The van der Waals surface area contributed by atoms with Gasteiger partial charge in [-0.25, -0.2) is 5.43 Å². The minimum atomic E-state index is -0.439. The van der Waals surface area contributed by atoms with Gasteiger partial charge >= 0.3 is 0 Å². The van der Waals surface area contributed by atoms with Crippen molar-refractivity contribution in [2.45, 2.75) is 31.3 Å². The standard InChI is InChI=1S/C13H20N2O3/c1-16-13(17-2)12(15-14)9-4-3-5-11(8-9)18-10-6-7-10/h3-5,8,10,12-13,15H,6-7,14H2,1-2H3. The molecule has 1 atom stereocenters. The molecule has 0 aliphatic heterocycles. The summed E-state index contributed by atoms with van der Waals surface area (Å²) < 4.78 is 16.2. The SMILES string of the molecule is COC(OC)C(NN)c1cccc(OC2CC2)c1. The van der Waals surface area contributed by atoms with E-state index < -0.39 is 6.29 Å². The Morgan fingerprint density at radius 3 is 2.56 bits per heavy atom. The van der Waals surface area contributed by atoms with Gasteiger partial charge < -0.3 is 14.2 Å². The van der Waals surface area contributed by atoms with Crippen LogP contribution in [0, 0.1) is 0 Å². The number of benzene rings is 1. The van der Waals surface area contributed by atoms with Gasteiger partial charge in [0.25, 0.3) is 0 Å². The van der Waals surface area contributed by atoms with E-state index >= 15 is 0 Å². The second-order valence-corrected chi connectivity index (χ2v) is 4.37. The minimum Gasteiger partial charge on any atom is -0.490 e. The molecule has 0 aromatic heterocycles. The molecule has 5 heteroatoms. The molecular weight excluding hydrogens is 232 g/mol. The normalized spacial score (nSPS) is 16.9. The van der Waals surface area contributed by atoms with E-state index in [2.05, 4.69) is 5.43 Å². The number of hydrazine groups is 1. The molecule has 0 heterocycles.